The molecule has 16 nitrogen and oxygen atoms in total. The molecule has 0 radical (unpaired) electrons. The fourth-order valence-corrected chi connectivity index (χ4v) is 2.34. The molecule has 0 saturated heterocycles. The lowest BCUT2D eigenvalue weighted by Gasteiger charge is -2.09. The Balaban J connectivity index is -0.000000386. The second-order valence-electron chi connectivity index (χ2n) is 9.21. The average molecular weight is 743 g/mol. The monoisotopic (exact) mass is 742 g/mol. The van der Waals surface area contributed by atoms with E-state index in [-0.39, 0.29) is 24.5 Å². The average Bonchev–Trinajstić information content (AvgIpc) is 2.96. The molecule has 0 spiro atoms. The number of nitrogens with zero attached hydrogens (tertiary/aromatic N) is 1. The van der Waals surface area contributed by atoms with Gasteiger partial charge < -0.3 is 47.7 Å². The lowest BCUT2D eigenvalue weighted by atomic mass is 10.2. The van der Waals surface area contributed by atoms with Gasteiger partial charge in [0.2, 0.25) is 5.91 Å². The van der Waals surface area contributed by atoms with Crippen LogP contribution in [-0.4, -0.2) is 115 Å². The van der Waals surface area contributed by atoms with E-state index in [1.54, 1.807) is 0 Å². The number of carboxylic acids is 3. The van der Waals surface area contributed by atoms with E-state index in [9.17, 15) is 49.1 Å². The van der Waals surface area contributed by atoms with Gasteiger partial charge in [0.1, 0.15) is 0 Å². The van der Waals surface area contributed by atoms with Crippen LogP contribution in [0.4, 0.5) is 44.3 Å². The summed E-state index contributed by atoms with van der Waals surface area (Å²) in [6, 6.07) is -0.0904. The van der Waals surface area contributed by atoms with Crippen molar-refractivity contribution in [3.63, 3.8) is 0 Å². The zero-order valence-corrected chi connectivity index (χ0v) is 26.2. The third-order valence-corrected chi connectivity index (χ3v) is 4.68. The van der Waals surface area contributed by atoms with Crippen molar-refractivity contribution < 1.29 is 78.8 Å². The van der Waals surface area contributed by atoms with E-state index >= 15 is 0 Å². The highest BCUT2D eigenvalue weighted by Gasteiger charge is 2.39. The van der Waals surface area contributed by atoms with Crippen molar-refractivity contribution in [1.29, 1.82) is 0 Å². The summed E-state index contributed by atoms with van der Waals surface area (Å²) in [5.74, 6) is -3.38. The number of amides is 3. The minimum Gasteiger partial charge on any atom is -0.475 e. The summed E-state index contributed by atoms with van der Waals surface area (Å²) >= 11 is 0. The third-order valence-electron chi connectivity index (χ3n) is 4.68. The quantitative estimate of drug-likeness (QED) is 0.0239. The number of aliphatic imine (C=N–C) groups is 1. The van der Waals surface area contributed by atoms with Crippen molar-refractivity contribution in [2.75, 3.05) is 39.3 Å². The van der Waals surface area contributed by atoms with Crippen LogP contribution in [0.5, 0.6) is 0 Å². The van der Waals surface area contributed by atoms with Gasteiger partial charge in [-0.05, 0) is 52.1 Å². The molecular formula is C24H43F9N8O8. The summed E-state index contributed by atoms with van der Waals surface area (Å²) in [4.78, 5) is 54.0. The summed E-state index contributed by atoms with van der Waals surface area (Å²) in [6.07, 6.45) is -6.95. The summed E-state index contributed by atoms with van der Waals surface area (Å²) in [5, 5.41) is 32.8. The number of unbranched alkanes of at least 4 members (excludes halogenated alkanes) is 4. The van der Waals surface area contributed by atoms with Gasteiger partial charge in [-0.25, -0.2) is 25.0 Å². The highest BCUT2D eigenvalue weighted by atomic mass is 19.4. The van der Waals surface area contributed by atoms with Crippen LogP contribution < -0.4 is 38.3 Å². The van der Waals surface area contributed by atoms with E-state index in [4.69, 9.17) is 41.3 Å². The van der Waals surface area contributed by atoms with Crippen molar-refractivity contribution in [1.82, 2.24) is 26.7 Å². The molecule has 0 bridgehead atoms. The first-order valence-electron chi connectivity index (χ1n) is 14.0. The maximum atomic E-state index is 11.7. The molecule has 0 aliphatic rings. The van der Waals surface area contributed by atoms with Crippen LogP contribution in [0.25, 0.3) is 0 Å². The largest absolute Gasteiger partial charge is 0.490 e. The highest BCUT2D eigenvalue weighted by Crippen LogP contribution is 2.14. The molecule has 0 saturated carbocycles. The SMILES string of the molecule is CC(N)CCNCCCCNC(=O)NCC(=O)NCCCCCCN=CNN.O=C(O)C(F)(F)F.O=C(O)C(F)(F)F.O=C(O)C(F)(F)F. The molecule has 1 unspecified atom stereocenters. The summed E-state index contributed by atoms with van der Waals surface area (Å²) in [6.45, 7) is 5.77. The predicted octanol–water partition coefficient (Wildman–Crippen LogP) is 1.46. The molecule has 0 aromatic heterocycles. The van der Waals surface area contributed by atoms with Crippen LogP contribution in [0.3, 0.4) is 0 Å². The van der Waals surface area contributed by atoms with Gasteiger partial charge in [-0.1, -0.05) is 12.8 Å². The molecule has 0 aliphatic carbocycles. The molecule has 1 atom stereocenters. The Morgan fingerprint density at radius 2 is 1.08 bits per heavy atom. The van der Waals surface area contributed by atoms with Crippen molar-refractivity contribution in [2.45, 2.75) is 76.4 Å². The van der Waals surface area contributed by atoms with E-state index in [1.165, 1.54) is 6.34 Å². The standard InChI is InChI=1S/C18H40N8O2.3C2HF3O2/c1-16(19)8-13-21-9-6-7-12-24-18(28)25-14-17(27)23-11-5-3-2-4-10-22-15-26-20;3*3-2(4,5)1(6)7/h15-16,21H,2-14,19-20H2,1H3,(H,22,26)(H,23,27)(H2,24,25,28);3*(H,6,7). The van der Waals surface area contributed by atoms with E-state index < -0.39 is 36.4 Å². The number of carboxylic acid groups (broad SMARTS) is 3. The topological polar surface area (TPSA) is 271 Å². The van der Waals surface area contributed by atoms with Gasteiger partial charge in [0, 0.05) is 25.7 Å². The Kier molecular flexibility index (Phi) is 31.6. The maximum absolute atomic E-state index is 11.7. The minimum atomic E-state index is -5.08. The molecule has 0 fully saturated rings. The fourth-order valence-electron chi connectivity index (χ4n) is 2.34. The number of nitrogens with one attached hydrogen (secondary N) is 5. The van der Waals surface area contributed by atoms with E-state index in [0.29, 0.717) is 13.1 Å². The Morgan fingerprint density at radius 1 is 0.673 bits per heavy atom. The van der Waals surface area contributed by atoms with Gasteiger partial charge >= 0.3 is 42.5 Å². The number of hydrazine groups is 1. The number of urea groups is 1. The lowest BCUT2D eigenvalue weighted by Crippen LogP contribution is -2.42. The van der Waals surface area contributed by atoms with Gasteiger partial charge in [-0.15, -0.1) is 0 Å². The second kappa shape index (κ2) is 30.0. The third kappa shape index (κ3) is 46.0. The number of carbonyl (C=O) groups excluding carboxylic acids is 2. The maximum Gasteiger partial charge on any atom is 0.490 e. The number of hydrogen-bond donors (Lipinski definition) is 10. The zero-order valence-electron chi connectivity index (χ0n) is 26.2. The fraction of sp³-hybridized carbons (Fsp3) is 0.750. The van der Waals surface area contributed by atoms with Gasteiger partial charge in [0.25, 0.3) is 0 Å². The number of aliphatic carboxylic acids is 3. The van der Waals surface area contributed by atoms with Crippen LogP contribution in [0.2, 0.25) is 0 Å². The second-order valence-corrected chi connectivity index (χ2v) is 9.21. The summed E-state index contributed by atoms with van der Waals surface area (Å²) in [5.41, 5.74) is 8.03. The predicted molar refractivity (Wildman–Crippen MR) is 155 cm³/mol. The molecule has 0 aromatic carbocycles. The van der Waals surface area contributed by atoms with Crippen LogP contribution in [0.1, 0.15) is 51.9 Å². The molecule has 0 aromatic rings. The zero-order chi connectivity index (χ0) is 39.1. The normalized spacial score (nSPS) is 11.7. The molecule has 0 rings (SSSR count). The number of alkyl halides is 9. The van der Waals surface area contributed by atoms with Crippen molar-refractivity contribution in [3.8, 4) is 0 Å². The summed E-state index contributed by atoms with van der Waals surface area (Å²) < 4.78 is 95.2. The van der Waals surface area contributed by atoms with Crippen LogP contribution in [-0.2, 0) is 19.2 Å². The van der Waals surface area contributed by atoms with Crippen LogP contribution in [0.15, 0.2) is 4.99 Å². The Hall–Kier alpha value is -4.13. The molecular weight excluding hydrogens is 699 g/mol. The smallest absolute Gasteiger partial charge is 0.475 e. The Bertz CT molecular complexity index is 896. The summed E-state index contributed by atoms with van der Waals surface area (Å²) in [7, 11) is 0. The number of hydrogen-bond acceptors (Lipinski definition) is 9. The van der Waals surface area contributed by atoms with Crippen molar-refractivity contribution in [3.05, 3.63) is 0 Å². The number of halogens is 9. The highest BCUT2D eigenvalue weighted by molar-refractivity contribution is 5.83. The van der Waals surface area contributed by atoms with Crippen molar-refractivity contribution in [2.24, 2.45) is 16.6 Å². The first-order valence-corrected chi connectivity index (χ1v) is 14.0. The lowest BCUT2D eigenvalue weighted by molar-refractivity contribution is -0.193. The van der Waals surface area contributed by atoms with E-state index in [1.807, 2.05) is 6.92 Å². The Morgan fingerprint density at radius 3 is 1.51 bits per heavy atom. The molecule has 3 amide bonds. The van der Waals surface area contributed by atoms with Crippen molar-refractivity contribution >= 4 is 36.2 Å². The molecule has 290 valence electrons. The minimum absolute atomic E-state index is 0.00847. The van der Waals surface area contributed by atoms with Crippen LogP contribution in [0, 0.1) is 0 Å². The van der Waals surface area contributed by atoms with Gasteiger partial charge in [0.05, 0.1) is 12.9 Å². The van der Waals surface area contributed by atoms with E-state index in [0.717, 1.165) is 64.6 Å². The molecule has 0 heterocycles. The first kappa shape index (κ1) is 51.7. The molecule has 12 N–H and O–H groups in total. The molecule has 49 heavy (non-hydrogen) atoms. The first-order chi connectivity index (χ1) is 22.4. The van der Waals surface area contributed by atoms with Gasteiger partial charge in [-0.2, -0.15) is 39.5 Å². The molecule has 0 aliphatic heterocycles. The van der Waals surface area contributed by atoms with Gasteiger partial charge in [-0.3, -0.25) is 9.79 Å². The van der Waals surface area contributed by atoms with Crippen LogP contribution >= 0.6 is 0 Å². The molecule has 25 heteroatoms. The number of nitrogens with two attached hydrogens (primary N) is 2. The van der Waals surface area contributed by atoms with Gasteiger partial charge in [0.15, 0.2) is 0 Å². The number of rotatable bonds is 18. The number of carbonyl (C=O) groups is 5. The Labute approximate surface area is 274 Å². The van der Waals surface area contributed by atoms with E-state index in [2.05, 4.69) is 31.7 Å².